The van der Waals surface area contributed by atoms with Crippen LogP contribution in [0.3, 0.4) is 0 Å². The van der Waals surface area contributed by atoms with E-state index in [0.717, 1.165) is 6.20 Å². The summed E-state index contributed by atoms with van der Waals surface area (Å²) in [7, 11) is 0. The summed E-state index contributed by atoms with van der Waals surface area (Å²) >= 11 is 0. The van der Waals surface area contributed by atoms with E-state index >= 15 is 0 Å². The summed E-state index contributed by atoms with van der Waals surface area (Å²) in [6.45, 7) is 2.36. The Bertz CT molecular complexity index is 881. The zero-order valence-corrected chi connectivity index (χ0v) is 19.4. The largest absolute Gasteiger partial charge is 0.434 e. The van der Waals surface area contributed by atoms with Gasteiger partial charge in [-0.2, -0.15) is 81.5 Å². The molecule has 18 heteroatoms. The zero-order valence-electron chi connectivity index (χ0n) is 17.4. The van der Waals surface area contributed by atoms with Gasteiger partial charge in [0.2, 0.25) is 11.9 Å². The molecule has 0 saturated carbocycles. The number of anilines is 2. The SMILES string of the molecule is CC[C@H](Nc1nc(N[C@@H](CC)C(F)(F)F)nc(-c2cncc(C(F)(F)F)n2)n1)C(F)(F)F.S.S. The lowest BCUT2D eigenvalue weighted by molar-refractivity contribution is -0.143. The van der Waals surface area contributed by atoms with Crippen molar-refractivity contribution in [2.75, 3.05) is 10.6 Å². The molecule has 194 valence electrons. The van der Waals surface area contributed by atoms with Crippen LogP contribution in [0.15, 0.2) is 12.4 Å². The van der Waals surface area contributed by atoms with Crippen LogP contribution in [0.4, 0.5) is 51.4 Å². The Morgan fingerprint density at radius 3 is 1.50 bits per heavy atom. The van der Waals surface area contributed by atoms with Gasteiger partial charge in [0.15, 0.2) is 11.5 Å². The van der Waals surface area contributed by atoms with Gasteiger partial charge in [0.05, 0.1) is 12.4 Å². The second-order valence-corrected chi connectivity index (χ2v) is 6.39. The Balaban J connectivity index is 0.00000544. The fourth-order valence-corrected chi connectivity index (χ4v) is 2.37. The number of hydrogen-bond donors (Lipinski definition) is 2. The fourth-order valence-electron chi connectivity index (χ4n) is 2.37. The minimum Gasteiger partial charge on any atom is -0.342 e. The molecule has 0 radical (unpaired) electrons. The van der Waals surface area contributed by atoms with Crippen LogP contribution in [0.25, 0.3) is 11.5 Å². The van der Waals surface area contributed by atoms with E-state index in [-0.39, 0.29) is 27.0 Å². The van der Waals surface area contributed by atoms with Gasteiger partial charge in [-0.15, -0.1) is 0 Å². The third-order valence-corrected chi connectivity index (χ3v) is 4.00. The number of nitrogens with zero attached hydrogens (tertiary/aromatic N) is 5. The van der Waals surface area contributed by atoms with Crippen molar-refractivity contribution < 1.29 is 39.5 Å². The normalized spacial score (nSPS) is 13.9. The fraction of sp³-hybridized carbons (Fsp3) is 0.562. The Morgan fingerprint density at radius 2 is 1.15 bits per heavy atom. The summed E-state index contributed by atoms with van der Waals surface area (Å²) in [5, 5.41) is 3.83. The van der Waals surface area contributed by atoms with Crippen molar-refractivity contribution in [3.63, 3.8) is 0 Å². The average molecular weight is 546 g/mol. The molecule has 2 aromatic rings. The molecule has 2 rings (SSSR count). The van der Waals surface area contributed by atoms with Crippen molar-refractivity contribution >= 4 is 38.9 Å². The number of nitrogens with one attached hydrogen (secondary N) is 2. The molecule has 0 aliphatic heterocycles. The maximum absolute atomic E-state index is 13.1. The van der Waals surface area contributed by atoms with Crippen molar-refractivity contribution in [2.45, 2.75) is 57.3 Å². The Labute approximate surface area is 201 Å². The molecule has 0 saturated heterocycles. The first-order valence-electron chi connectivity index (χ1n) is 8.97. The molecule has 0 unspecified atom stereocenters. The highest BCUT2D eigenvalue weighted by Crippen LogP contribution is 2.30. The van der Waals surface area contributed by atoms with Gasteiger partial charge < -0.3 is 10.6 Å². The van der Waals surface area contributed by atoms with E-state index in [2.05, 4.69) is 24.9 Å². The van der Waals surface area contributed by atoms with E-state index in [9.17, 15) is 39.5 Å². The van der Waals surface area contributed by atoms with Crippen LogP contribution in [-0.2, 0) is 6.18 Å². The van der Waals surface area contributed by atoms with Gasteiger partial charge in [-0.25, -0.2) is 4.98 Å². The number of halogens is 9. The molecular weight excluding hydrogens is 525 g/mol. The molecule has 0 fully saturated rings. The maximum Gasteiger partial charge on any atom is 0.434 e. The molecule has 2 atom stereocenters. The van der Waals surface area contributed by atoms with Gasteiger partial charge in [0.25, 0.3) is 0 Å². The van der Waals surface area contributed by atoms with Crippen molar-refractivity contribution in [2.24, 2.45) is 0 Å². The summed E-state index contributed by atoms with van der Waals surface area (Å²) in [6, 6.07) is -4.36. The van der Waals surface area contributed by atoms with E-state index < -0.39 is 72.6 Å². The standard InChI is InChI=1S/C16H16F9N7.2H2S/c1-3-8(14(17,18)19)28-12-30-11(7-5-26-6-10(27-7)16(23,24)25)31-13(32-12)29-9(4-2)15(20,21)22;;/h5-6,8-9H,3-4H2,1-2H3,(H2,28,29,30,31,32);2*1H2/t8-,9-;;/m0../s1. The third kappa shape index (κ3) is 8.52. The molecule has 2 heterocycles. The Morgan fingerprint density at radius 1 is 0.706 bits per heavy atom. The minimum absolute atomic E-state index is 0. The van der Waals surface area contributed by atoms with Gasteiger partial charge in [0.1, 0.15) is 17.8 Å². The first kappa shape index (κ1) is 31.8. The molecule has 2 aromatic heterocycles. The van der Waals surface area contributed by atoms with Crippen LogP contribution in [-0.4, -0.2) is 49.4 Å². The monoisotopic (exact) mass is 545 g/mol. The van der Waals surface area contributed by atoms with Crippen molar-refractivity contribution in [1.29, 1.82) is 0 Å². The highest BCUT2D eigenvalue weighted by Gasteiger charge is 2.40. The predicted molar refractivity (Wildman–Crippen MR) is 114 cm³/mol. The highest BCUT2D eigenvalue weighted by molar-refractivity contribution is 7.59. The zero-order chi connectivity index (χ0) is 24.3. The Kier molecular flexibility index (Phi) is 11.2. The average Bonchev–Trinajstić information content (AvgIpc) is 2.67. The maximum atomic E-state index is 13.1. The minimum atomic E-state index is -4.91. The summed E-state index contributed by atoms with van der Waals surface area (Å²) < 4.78 is 117. The number of rotatable bonds is 7. The summed E-state index contributed by atoms with van der Waals surface area (Å²) in [5.74, 6) is -2.33. The van der Waals surface area contributed by atoms with Crippen LogP contribution in [0.5, 0.6) is 0 Å². The predicted octanol–water partition coefficient (Wildman–Crippen LogP) is 5.08. The van der Waals surface area contributed by atoms with Gasteiger partial charge in [-0.05, 0) is 12.8 Å². The first-order chi connectivity index (χ1) is 14.6. The summed E-state index contributed by atoms with van der Waals surface area (Å²) in [4.78, 5) is 17.3. The van der Waals surface area contributed by atoms with E-state index in [0.29, 0.717) is 6.20 Å². The van der Waals surface area contributed by atoms with E-state index in [1.54, 1.807) is 0 Å². The molecule has 2 N–H and O–H groups in total. The van der Waals surface area contributed by atoms with Gasteiger partial charge in [0, 0.05) is 0 Å². The number of alkyl halides is 9. The quantitative estimate of drug-likeness (QED) is 0.470. The molecule has 0 amide bonds. The Hall–Kier alpha value is -2.24. The lowest BCUT2D eigenvalue weighted by Gasteiger charge is -2.22. The van der Waals surface area contributed by atoms with Crippen molar-refractivity contribution in [1.82, 2.24) is 24.9 Å². The van der Waals surface area contributed by atoms with Crippen LogP contribution in [0, 0.1) is 0 Å². The van der Waals surface area contributed by atoms with E-state index in [1.807, 2.05) is 10.6 Å². The lowest BCUT2D eigenvalue weighted by Crippen LogP contribution is -2.37. The molecule has 0 aliphatic rings. The van der Waals surface area contributed by atoms with E-state index in [1.165, 1.54) is 13.8 Å². The van der Waals surface area contributed by atoms with Crippen LogP contribution in [0.1, 0.15) is 32.4 Å². The first-order valence-corrected chi connectivity index (χ1v) is 8.97. The second-order valence-electron chi connectivity index (χ2n) is 6.39. The molecule has 0 bridgehead atoms. The lowest BCUT2D eigenvalue weighted by atomic mass is 10.2. The topological polar surface area (TPSA) is 88.5 Å². The second kappa shape index (κ2) is 11.9. The van der Waals surface area contributed by atoms with Crippen molar-refractivity contribution in [3.8, 4) is 11.5 Å². The van der Waals surface area contributed by atoms with Crippen LogP contribution < -0.4 is 10.6 Å². The molecule has 0 aliphatic carbocycles. The highest BCUT2D eigenvalue weighted by atomic mass is 32.1. The molecule has 0 aromatic carbocycles. The number of hydrogen-bond acceptors (Lipinski definition) is 7. The number of aromatic nitrogens is 5. The summed E-state index contributed by atoms with van der Waals surface area (Å²) in [5.41, 5.74) is -2.09. The smallest absolute Gasteiger partial charge is 0.342 e. The third-order valence-electron chi connectivity index (χ3n) is 4.00. The van der Waals surface area contributed by atoms with Gasteiger partial charge >= 0.3 is 18.5 Å². The molecule has 34 heavy (non-hydrogen) atoms. The van der Waals surface area contributed by atoms with Crippen molar-refractivity contribution in [3.05, 3.63) is 18.1 Å². The van der Waals surface area contributed by atoms with Gasteiger partial charge in [-0.3, -0.25) is 4.98 Å². The molecule has 7 nitrogen and oxygen atoms in total. The van der Waals surface area contributed by atoms with Crippen LogP contribution in [0.2, 0.25) is 0 Å². The van der Waals surface area contributed by atoms with Crippen LogP contribution >= 0.6 is 27.0 Å². The molecule has 0 spiro atoms. The van der Waals surface area contributed by atoms with Gasteiger partial charge in [-0.1, -0.05) is 13.8 Å². The summed E-state index contributed by atoms with van der Waals surface area (Å²) in [6.07, 6.45) is -14.2. The van der Waals surface area contributed by atoms with E-state index in [4.69, 9.17) is 0 Å². The molecular formula is C16H20F9N7S2.